The van der Waals surface area contributed by atoms with Crippen LogP contribution in [-0.2, 0) is 11.2 Å². The minimum absolute atomic E-state index is 0.158. The number of carbonyl (C=O) groups is 1. The number of aromatic amines is 1. The zero-order chi connectivity index (χ0) is 16.4. The van der Waals surface area contributed by atoms with Crippen LogP contribution in [0.2, 0.25) is 5.02 Å². The van der Waals surface area contributed by atoms with E-state index in [1.807, 2.05) is 37.3 Å². The fraction of sp³-hybridized carbons (Fsp3) is 0.111. The molecule has 0 bridgehead atoms. The standard InChI is InChI=1S/C18H15ClN2O2/c1-11-8-17(22)21-16-10-13(6-7-14(11)16)20-18(23)9-12-4-2-3-5-15(12)19/h2-8,10H,9H2,1H3,(H,20,23)(H,21,22). The number of aromatic nitrogens is 1. The third-order valence-corrected chi connectivity index (χ3v) is 4.01. The molecule has 23 heavy (non-hydrogen) atoms. The van der Waals surface area contributed by atoms with Gasteiger partial charge in [-0.1, -0.05) is 35.9 Å². The molecule has 3 aromatic rings. The van der Waals surface area contributed by atoms with Gasteiger partial charge in [-0.3, -0.25) is 9.59 Å². The van der Waals surface area contributed by atoms with E-state index in [1.54, 1.807) is 18.2 Å². The summed E-state index contributed by atoms with van der Waals surface area (Å²) < 4.78 is 0. The lowest BCUT2D eigenvalue weighted by Gasteiger charge is -2.08. The number of anilines is 1. The van der Waals surface area contributed by atoms with Crippen LogP contribution in [0.5, 0.6) is 0 Å². The number of halogens is 1. The van der Waals surface area contributed by atoms with Crippen molar-refractivity contribution in [2.75, 3.05) is 5.32 Å². The second kappa shape index (κ2) is 6.26. The summed E-state index contributed by atoms with van der Waals surface area (Å²) in [7, 11) is 0. The van der Waals surface area contributed by atoms with Crippen molar-refractivity contribution in [3.05, 3.63) is 75.0 Å². The molecule has 1 amide bonds. The van der Waals surface area contributed by atoms with Gasteiger partial charge in [-0.25, -0.2) is 0 Å². The second-order valence-electron chi connectivity index (χ2n) is 5.39. The van der Waals surface area contributed by atoms with Crippen LogP contribution in [-0.4, -0.2) is 10.9 Å². The van der Waals surface area contributed by atoms with E-state index in [-0.39, 0.29) is 17.9 Å². The van der Waals surface area contributed by atoms with Gasteiger partial charge in [0.2, 0.25) is 11.5 Å². The van der Waals surface area contributed by atoms with Crippen LogP contribution in [0.15, 0.2) is 53.3 Å². The Balaban J connectivity index is 1.83. The first kappa shape index (κ1) is 15.3. The Hall–Kier alpha value is -2.59. The molecule has 0 saturated carbocycles. The molecule has 4 nitrogen and oxygen atoms in total. The maximum absolute atomic E-state index is 12.2. The van der Waals surface area contributed by atoms with Crippen molar-refractivity contribution in [1.29, 1.82) is 0 Å². The maximum Gasteiger partial charge on any atom is 0.248 e. The van der Waals surface area contributed by atoms with Gasteiger partial charge in [0, 0.05) is 22.2 Å². The molecule has 1 heterocycles. The third-order valence-electron chi connectivity index (χ3n) is 3.64. The number of aryl methyl sites for hydroxylation is 1. The first-order valence-corrected chi connectivity index (χ1v) is 7.58. The largest absolute Gasteiger partial charge is 0.326 e. The van der Waals surface area contributed by atoms with E-state index in [0.717, 1.165) is 16.5 Å². The number of amides is 1. The number of nitrogens with one attached hydrogen (secondary N) is 2. The van der Waals surface area contributed by atoms with E-state index < -0.39 is 0 Å². The number of pyridine rings is 1. The van der Waals surface area contributed by atoms with Crippen LogP contribution in [0.1, 0.15) is 11.1 Å². The van der Waals surface area contributed by atoms with Gasteiger partial charge in [0.05, 0.1) is 11.9 Å². The number of fused-ring (bicyclic) bond motifs is 1. The van der Waals surface area contributed by atoms with Gasteiger partial charge in [0.1, 0.15) is 0 Å². The molecule has 1 aromatic heterocycles. The van der Waals surface area contributed by atoms with Crippen molar-refractivity contribution in [3.63, 3.8) is 0 Å². The Morgan fingerprint density at radius 1 is 1.17 bits per heavy atom. The number of H-pyrrole nitrogens is 1. The van der Waals surface area contributed by atoms with Gasteiger partial charge in [-0.15, -0.1) is 0 Å². The van der Waals surface area contributed by atoms with Gasteiger partial charge in [0.25, 0.3) is 0 Å². The molecule has 2 aromatic carbocycles. The summed E-state index contributed by atoms with van der Waals surface area (Å²) in [5.74, 6) is -0.160. The average Bonchev–Trinajstić information content (AvgIpc) is 2.49. The Morgan fingerprint density at radius 2 is 1.96 bits per heavy atom. The molecule has 3 rings (SSSR count). The van der Waals surface area contributed by atoms with Crippen LogP contribution in [0.4, 0.5) is 5.69 Å². The van der Waals surface area contributed by atoms with E-state index in [4.69, 9.17) is 11.6 Å². The van der Waals surface area contributed by atoms with Crippen LogP contribution in [0.3, 0.4) is 0 Å². The van der Waals surface area contributed by atoms with Gasteiger partial charge in [-0.2, -0.15) is 0 Å². The summed E-state index contributed by atoms with van der Waals surface area (Å²) in [6, 6.07) is 14.3. The lowest BCUT2D eigenvalue weighted by Crippen LogP contribution is -2.15. The van der Waals surface area contributed by atoms with Crippen molar-refractivity contribution in [3.8, 4) is 0 Å². The second-order valence-corrected chi connectivity index (χ2v) is 5.80. The van der Waals surface area contributed by atoms with Crippen LogP contribution in [0.25, 0.3) is 10.9 Å². The number of benzene rings is 2. The van der Waals surface area contributed by atoms with Crippen LogP contribution >= 0.6 is 11.6 Å². The Bertz CT molecular complexity index is 947. The smallest absolute Gasteiger partial charge is 0.248 e. The quantitative estimate of drug-likeness (QED) is 0.771. The molecule has 0 unspecified atom stereocenters. The first-order valence-electron chi connectivity index (χ1n) is 7.20. The normalized spacial score (nSPS) is 10.7. The van der Waals surface area contributed by atoms with Crippen molar-refractivity contribution in [2.45, 2.75) is 13.3 Å². The zero-order valence-electron chi connectivity index (χ0n) is 12.5. The fourth-order valence-electron chi connectivity index (χ4n) is 2.53. The van der Waals surface area contributed by atoms with Gasteiger partial charge in [0.15, 0.2) is 0 Å². The van der Waals surface area contributed by atoms with Gasteiger partial charge in [-0.05, 0) is 36.2 Å². The molecule has 0 saturated heterocycles. The Kier molecular flexibility index (Phi) is 4.17. The number of rotatable bonds is 3. The van der Waals surface area contributed by atoms with E-state index in [9.17, 15) is 9.59 Å². The van der Waals surface area contributed by atoms with Crippen molar-refractivity contribution in [2.24, 2.45) is 0 Å². The highest BCUT2D eigenvalue weighted by Crippen LogP contribution is 2.20. The van der Waals surface area contributed by atoms with E-state index >= 15 is 0 Å². The lowest BCUT2D eigenvalue weighted by molar-refractivity contribution is -0.115. The predicted molar refractivity (Wildman–Crippen MR) is 93.1 cm³/mol. The molecule has 0 aliphatic carbocycles. The van der Waals surface area contributed by atoms with Gasteiger partial charge < -0.3 is 10.3 Å². The molecular formula is C18H15ClN2O2. The molecule has 0 spiro atoms. The van der Waals surface area contributed by atoms with Crippen molar-refractivity contribution in [1.82, 2.24) is 4.98 Å². The van der Waals surface area contributed by atoms with E-state index in [1.165, 1.54) is 0 Å². The average molecular weight is 327 g/mol. The minimum Gasteiger partial charge on any atom is -0.326 e. The fourth-order valence-corrected chi connectivity index (χ4v) is 2.73. The molecule has 0 atom stereocenters. The highest BCUT2D eigenvalue weighted by molar-refractivity contribution is 6.31. The first-order chi connectivity index (χ1) is 11.0. The maximum atomic E-state index is 12.2. The van der Waals surface area contributed by atoms with Crippen LogP contribution in [0, 0.1) is 6.92 Å². The Labute approximate surface area is 138 Å². The monoisotopic (exact) mass is 326 g/mol. The van der Waals surface area contributed by atoms with Crippen molar-refractivity contribution < 1.29 is 4.79 Å². The number of hydrogen-bond acceptors (Lipinski definition) is 2. The summed E-state index contributed by atoms with van der Waals surface area (Å²) in [6.07, 6.45) is 0.196. The lowest BCUT2D eigenvalue weighted by atomic mass is 10.1. The van der Waals surface area contributed by atoms with Crippen molar-refractivity contribution >= 4 is 34.1 Å². The number of carbonyl (C=O) groups excluding carboxylic acids is 1. The number of hydrogen-bond donors (Lipinski definition) is 2. The Morgan fingerprint density at radius 3 is 2.74 bits per heavy atom. The summed E-state index contributed by atoms with van der Waals surface area (Å²) >= 11 is 6.06. The highest BCUT2D eigenvalue weighted by Gasteiger charge is 2.08. The molecule has 2 N–H and O–H groups in total. The summed E-state index contributed by atoms with van der Waals surface area (Å²) in [5, 5.41) is 4.35. The highest BCUT2D eigenvalue weighted by atomic mass is 35.5. The van der Waals surface area contributed by atoms with Crippen LogP contribution < -0.4 is 10.9 Å². The molecule has 0 radical (unpaired) electrons. The topological polar surface area (TPSA) is 62.0 Å². The van der Waals surface area contributed by atoms with Gasteiger partial charge >= 0.3 is 0 Å². The zero-order valence-corrected chi connectivity index (χ0v) is 13.3. The minimum atomic E-state index is -0.160. The SMILES string of the molecule is Cc1cc(=O)[nH]c2cc(NC(=O)Cc3ccccc3Cl)ccc12. The summed E-state index contributed by atoms with van der Waals surface area (Å²) in [6.45, 7) is 1.88. The molecule has 0 aliphatic heterocycles. The third kappa shape index (κ3) is 3.43. The van der Waals surface area contributed by atoms with E-state index in [2.05, 4.69) is 10.3 Å². The van der Waals surface area contributed by atoms with E-state index in [0.29, 0.717) is 16.2 Å². The predicted octanol–water partition coefficient (Wildman–Crippen LogP) is 3.67. The molecule has 0 fully saturated rings. The molecule has 0 aliphatic rings. The molecule has 116 valence electrons. The molecule has 5 heteroatoms. The summed E-state index contributed by atoms with van der Waals surface area (Å²) in [5.41, 5.74) is 2.85. The summed E-state index contributed by atoms with van der Waals surface area (Å²) in [4.78, 5) is 26.5. The molecular weight excluding hydrogens is 312 g/mol.